The van der Waals surface area contributed by atoms with Crippen LogP contribution in [0.25, 0.3) is 82.8 Å². The molecule has 4 nitrogen and oxygen atoms in total. The minimum absolute atomic E-state index is 0.293. The first-order valence-corrected chi connectivity index (χ1v) is 18.0. The van der Waals surface area contributed by atoms with Gasteiger partial charge in [-0.2, -0.15) is 0 Å². The normalized spacial score (nSPS) is 12.8. The molecule has 0 bridgehead atoms. The van der Waals surface area contributed by atoms with Crippen molar-refractivity contribution in [3.63, 3.8) is 0 Å². The summed E-state index contributed by atoms with van der Waals surface area (Å²) >= 11 is 0. The summed E-state index contributed by atoms with van der Waals surface area (Å²) in [6.45, 7) is -0.293. The Hall–Kier alpha value is -6.98. The molecule has 0 spiro atoms. The van der Waals surface area contributed by atoms with Gasteiger partial charge in [-0.15, -0.1) is 0 Å². The molecule has 0 atom stereocenters. The van der Waals surface area contributed by atoms with Gasteiger partial charge in [0.2, 0.25) is 0 Å². The molecule has 12 rings (SSSR count). The summed E-state index contributed by atoms with van der Waals surface area (Å²) in [5.74, 6) is 2.51. The standard InChI is InChI=1S/C48H28BNO3/c1-4-15-41-34(9-1)35-10-2-5-16-42(35)50(41)32-23-19-29(20-24-32)30-21-26-45-40(28-30)49-47-37(13-8-18-46(47)51-45)39-27-31(22-25-44(39)53-49)33-12-7-14-38-36-11-3-6-17-43(36)52-48(33)38/h1-28H. The second-order valence-electron chi connectivity index (χ2n) is 14.0. The van der Waals surface area contributed by atoms with Crippen molar-refractivity contribution in [2.24, 2.45) is 0 Å². The summed E-state index contributed by atoms with van der Waals surface area (Å²) in [6, 6.07) is 59.9. The highest BCUT2D eigenvalue weighted by Gasteiger charge is 2.40. The lowest BCUT2D eigenvalue weighted by Gasteiger charge is -2.33. The van der Waals surface area contributed by atoms with Gasteiger partial charge in [0.15, 0.2) is 0 Å². The summed E-state index contributed by atoms with van der Waals surface area (Å²) in [5.41, 5.74) is 14.0. The number of rotatable bonds is 3. The van der Waals surface area contributed by atoms with Crippen molar-refractivity contribution < 1.29 is 13.8 Å². The molecular formula is C48H28BNO3. The van der Waals surface area contributed by atoms with Gasteiger partial charge in [-0.25, -0.2) is 0 Å². The lowest BCUT2D eigenvalue weighted by atomic mass is 9.50. The van der Waals surface area contributed by atoms with Crippen molar-refractivity contribution in [2.75, 3.05) is 0 Å². The molecule has 53 heavy (non-hydrogen) atoms. The Morgan fingerprint density at radius 2 is 1.09 bits per heavy atom. The van der Waals surface area contributed by atoms with Crippen LogP contribution < -0.4 is 20.3 Å². The maximum absolute atomic E-state index is 6.93. The second-order valence-corrected chi connectivity index (χ2v) is 14.0. The number of ether oxygens (including phenoxy) is 1. The van der Waals surface area contributed by atoms with Crippen LogP contribution >= 0.6 is 0 Å². The Labute approximate surface area is 305 Å². The Bertz CT molecular complexity index is 3080. The average Bonchev–Trinajstić information content (AvgIpc) is 3.77. The predicted octanol–water partition coefficient (Wildman–Crippen LogP) is 11.3. The molecule has 0 unspecified atom stereocenters. The fraction of sp³-hybridized carbons (Fsp3) is 0. The molecular weight excluding hydrogens is 649 g/mol. The number of aromatic nitrogens is 1. The van der Waals surface area contributed by atoms with E-state index < -0.39 is 0 Å². The minimum Gasteiger partial charge on any atom is -0.551 e. The van der Waals surface area contributed by atoms with E-state index in [1.54, 1.807) is 0 Å². The van der Waals surface area contributed by atoms with E-state index >= 15 is 0 Å². The molecule has 0 fully saturated rings. The number of benzene rings is 8. The molecule has 0 amide bonds. The minimum atomic E-state index is -0.293. The molecule has 0 radical (unpaired) electrons. The third kappa shape index (κ3) is 4.13. The van der Waals surface area contributed by atoms with Crippen molar-refractivity contribution >= 4 is 61.6 Å². The molecule has 0 aliphatic carbocycles. The molecule has 5 heteroatoms. The molecule has 0 saturated carbocycles. The molecule has 2 aliphatic rings. The topological polar surface area (TPSA) is 36.5 Å². The highest BCUT2D eigenvalue weighted by Crippen LogP contribution is 2.43. The van der Waals surface area contributed by atoms with Crippen LogP contribution in [0.1, 0.15) is 0 Å². The zero-order valence-corrected chi connectivity index (χ0v) is 28.4. The van der Waals surface area contributed by atoms with E-state index in [2.05, 4.69) is 156 Å². The van der Waals surface area contributed by atoms with Gasteiger partial charge in [-0.1, -0.05) is 115 Å². The van der Waals surface area contributed by atoms with E-state index in [1.165, 1.54) is 21.8 Å². The first kappa shape index (κ1) is 28.7. The van der Waals surface area contributed by atoms with Crippen LogP contribution in [0.4, 0.5) is 0 Å². The van der Waals surface area contributed by atoms with Crippen molar-refractivity contribution in [3.8, 4) is 56.3 Å². The Morgan fingerprint density at radius 1 is 0.434 bits per heavy atom. The largest absolute Gasteiger partial charge is 0.551 e. The summed E-state index contributed by atoms with van der Waals surface area (Å²) in [4.78, 5) is 0. The van der Waals surface area contributed by atoms with E-state index in [9.17, 15) is 0 Å². The Kier molecular flexibility index (Phi) is 5.83. The number of nitrogens with zero attached hydrogens (tertiary/aromatic N) is 1. The van der Waals surface area contributed by atoms with E-state index in [0.29, 0.717) is 0 Å². The van der Waals surface area contributed by atoms with Gasteiger partial charge in [0.05, 0.1) is 11.0 Å². The second kappa shape index (κ2) is 10.8. The first-order chi connectivity index (χ1) is 26.3. The highest BCUT2D eigenvalue weighted by atomic mass is 16.5. The van der Waals surface area contributed by atoms with Gasteiger partial charge in [0.1, 0.15) is 28.4 Å². The van der Waals surface area contributed by atoms with Crippen LogP contribution in [0.5, 0.6) is 17.2 Å². The van der Waals surface area contributed by atoms with Crippen molar-refractivity contribution in [1.82, 2.24) is 4.57 Å². The molecule has 2 aliphatic heterocycles. The summed E-state index contributed by atoms with van der Waals surface area (Å²) in [5, 5.41) is 4.76. The number of furan rings is 1. The van der Waals surface area contributed by atoms with Gasteiger partial charge in [-0.3, -0.25) is 0 Å². The lowest BCUT2D eigenvalue weighted by molar-refractivity contribution is 0.479. The quantitative estimate of drug-likeness (QED) is 0.175. The number of hydrogen-bond donors (Lipinski definition) is 0. The third-order valence-corrected chi connectivity index (χ3v) is 11.1. The number of para-hydroxylation sites is 4. The summed E-state index contributed by atoms with van der Waals surface area (Å²) < 4.78 is 22.3. The van der Waals surface area contributed by atoms with Gasteiger partial charge in [-0.05, 0) is 76.9 Å². The van der Waals surface area contributed by atoms with Crippen LogP contribution in [0.2, 0.25) is 0 Å². The van der Waals surface area contributed by atoms with Gasteiger partial charge < -0.3 is 18.4 Å². The van der Waals surface area contributed by atoms with E-state index in [4.69, 9.17) is 13.8 Å². The summed E-state index contributed by atoms with van der Waals surface area (Å²) in [6.07, 6.45) is 0. The molecule has 246 valence electrons. The van der Waals surface area contributed by atoms with Crippen LogP contribution in [-0.2, 0) is 0 Å². The van der Waals surface area contributed by atoms with Gasteiger partial charge in [0, 0.05) is 49.3 Å². The van der Waals surface area contributed by atoms with Gasteiger partial charge >= 0.3 is 6.92 Å². The summed E-state index contributed by atoms with van der Waals surface area (Å²) in [7, 11) is 0. The Morgan fingerprint density at radius 3 is 1.92 bits per heavy atom. The molecule has 0 N–H and O–H groups in total. The fourth-order valence-electron chi connectivity index (χ4n) is 8.68. The van der Waals surface area contributed by atoms with E-state index in [-0.39, 0.29) is 6.92 Å². The first-order valence-electron chi connectivity index (χ1n) is 18.0. The molecule has 10 aromatic rings. The van der Waals surface area contributed by atoms with Crippen molar-refractivity contribution in [2.45, 2.75) is 0 Å². The van der Waals surface area contributed by atoms with Crippen LogP contribution in [-0.4, -0.2) is 11.5 Å². The average molecular weight is 678 g/mol. The molecule has 0 saturated heterocycles. The number of hydrogen-bond acceptors (Lipinski definition) is 3. The predicted molar refractivity (Wildman–Crippen MR) is 217 cm³/mol. The molecule has 2 aromatic heterocycles. The van der Waals surface area contributed by atoms with Crippen molar-refractivity contribution in [1.29, 1.82) is 0 Å². The maximum Gasteiger partial charge on any atom is 0.434 e. The maximum atomic E-state index is 6.93. The molecule has 4 heterocycles. The van der Waals surface area contributed by atoms with E-state index in [1.807, 2.05) is 18.2 Å². The van der Waals surface area contributed by atoms with Crippen LogP contribution in [0, 0.1) is 0 Å². The third-order valence-electron chi connectivity index (χ3n) is 11.1. The highest BCUT2D eigenvalue weighted by molar-refractivity contribution is 6.84. The SMILES string of the molecule is c1cc2c3c(c1)-c1cc(-c4cccc5c4oc4ccccc45)ccc1OB3c1cc(-c3ccc(-n4c5ccccc5c5ccccc54)cc3)ccc1O2. The number of fused-ring (bicyclic) bond motifs is 10. The lowest BCUT2D eigenvalue weighted by Crippen LogP contribution is -2.53. The zero-order chi connectivity index (χ0) is 34.6. The zero-order valence-electron chi connectivity index (χ0n) is 28.4. The van der Waals surface area contributed by atoms with Crippen LogP contribution in [0.15, 0.2) is 174 Å². The van der Waals surface area contributed by atoms with Crippen molar-refractivity contribution in [3.05, 3.63) is 170 Å². The van der Waals surface area contributed by atoms with Gasteiger partial charge in [0.25, 0.3) is 0 Å². The smallest absolute Gasteiger partial charge is 0.434 e. The van der Waals surface area contributed by atoms with E-state index in [0.717, 1.165) is 89.2 Å². The Balaban J connectivity index is 0.928. The molecule has 8 aromatic carbocycles. The monoisotopic (exact) mass is 677 g/mol. The fourth-order valence-corrected chi connectivity index (χ4v) is 8.68. The van der Waals surface area contributed by atoms with Crippen LogP contribution in [0.3, 0.4) is 0 Å².